The van der Waals surface area contributed by atoms with E-state index in [2.05, 4.69) is 16.0 Å². The average molecular weight is 301 g/mol. The van der Waals surface area contributed by atoms with Gasteiger partial charge in [-0.25, -0.2) is 9.97 Å². The normalized spacial score (nSPS) is 9.95. The molecule has 0 radical (unpaired) electrons. The van der Waals surface area contributed by atoms with E-state index in [4.69, 9.17) is 16.9 Å². The summed E-state index contributed by atoms with van der Waals surface area (Å²) in [7, 11) is 0. The van der Waals surface area contributed by atoms with Crippen LogP contribution in [0.15, 0.2) is 30.3 Å². The van der Waals surface area contributed by atoms with Gasteiger partial charge in [-0.1, -0.05) is 29.8 Å². The van der Waals surface area contributed by atoms with Crippen molar-refractivity contribution in [3.8, 4) is 6.07 Å². The fourth-order valence-electron chi connectivity index (χ4n) is 1.97. The van der Waals surface area contributed by atoms with E-state index in [-0.39, 0.29) is 10.7 Å². The highest BCUT2D eigenvalue weighted by Crippen LogP contribution is 2.29. The van der Waals surface area contributed by atoms with Gasteiger partial charge in [-0.15, -0.1) is 0 Å². The number of aromatic nitrogens is 2. The van der Waals surface area contributed by atoms with Gasteiger partial charge in [-0.3, -0.25) is 4.79 Å². The predicted molar refractivity (Wildman–Crippen MR) is 80.8 cm³/mol. The first-order chi connectivity index (χ1) is 10.2. The second-order valence-corrected chi connectivity index (χ2v) is 4.67. The Morgan fingerprint density at radius 3 is 2.67 bits per heavy atom. The van der Waals surface area contributed by atoms with Crippen molar-refractivity contribution in [3.63, 3.8) is 0 Å². The number of para-hydroxylation sites is 1. The SMILES string of the molecule is Cc1nc(Cl)c(C=O)c(N(CCC#N)c2ccccc2)n1. The summed E-state index contributed by atoms with van der Waals surface area (Å²) in [5.74, 6) is 0.891. The van der Waals surface area contributed by atoms with E-state index in [9.17, 15) is 4.79 Å². The van der Waals surface area contributed by atoms with Crippen molar-refractivity contribution in [3.05, 3.63) is 46.9 Å². The third-order valence-electron chi connectivity index (χ3n) is 2.88. The van der Waals surface area contributed by atoms with Gasteiger partial charge in [0.05, 0.1) is 18.1 Å². The highest BCUT2D eigenvalue weighted by Gasteiger charge is 2.18. The third-order valence-corrected chi connectivity index (χ3v) is 3.17. The van der Waals surface area contributed by atoms with Gasteiger partial charge >= 0.3 is 0 Å². The van der Waals surface area contributed by atoms with Gasteiger partial charge in [-0.05, 0) is 19.1 Å². The molecule has 0 saturated carbocycles. The number of carbonyl (C=O) groups is 1. The maximum absolute atomic E-state index is 11.3. The molecule has 0 amide bonds. The first-order valence-corrected chi connectivity index (χ1v) is 6.74. The Balaban J connectivity index is 2.56. The van der Waals surface area contributed by atoms with Crippen molar-refractivity contribution >= 4 is 29.4 Å². The molecule has 0 bridgehead atoms. The summed E-state index contributed by atoms with van der Waals surface area (Å²) in [6.45, 7) is 2.12. The molecule has 106 valence electrons. The Morgan fingerprint density at radius 2 is 2.05 bits per heavy atom. The second kappa shape index (κ2) is 6.82. The molecule has 1 heterocycles. The molecule has 0 saturated heterocycles. The highest BCUT2D eigenvalue weighted by molar-refractivity contribution is 6.32. The molecular formula is C15H13ClN4O. The molecule has 0 spiro atoms. The quantitative estimate of drug-likeness (QED) is 0.626. The molecule has 2 rings (SSSR count). The van der Waals surface area contributed by atoms with Gasteiger partial charge in [-0.2, -0.15) is 5.26 Å². The number of hydrogen-bond donors (Lipinski definition) is 0. The molecule has 1 aromatic carbocycles. The van der Waals surface area contributed by atoms with Gasteiger partial charge < -0.3 is 4.90 Å². The molecule has 0 aliphatic heterocycles. The largest absolute Gasteiger partial charge is 0.325 e. The highest BCUT2D eigenvalue weighted by atomic mass is 35.5. The molecular weight excluding hydrogens is 288 g/mol. The van der Waals surface area contributed by atoms with E-state index in [0.717, 1.165) is 5.69 Å². The van der Waals surface area contributed by atoms with Crippen molar-refractivity contribution < 1.29 is 4.79 Å². The standard InChI is InChI=1S/C15H13ClN4O/c1-11-18-14(16)13(10-21)15(19-11)20(9-5-8-17)12-6-3-2-4-7-12/h2-4,6-7,10H,5,9H2,1H3. The van der Waals surface area contributed by atoms with Gasteiger partial charge in [0.15, 0.2) is 6.29 Å². The Kier molecular flexibility index (Phi) is 4.85. The van der Waals surface area contributed by atoms with Crippen molar-refractivity contribution in [1.29, 1.82) is 5.26 Å². The fraction of sp³-hybridized carbons (Fsp3) is 0.200. The Labute approximate surface area is 127 Å². The van der Waals surface area contributed by atoms with E-state index in [1.165, 1.54) is 0 Å². The maximum atomic E-state index is 11.3. The lowest BCUT2D eigenvalue weighted by molar-refractivity contribution is 0.112. The number of carbonyl (C=O) groups excluding carboxylic acids is 1. The van der Waals surface area contributed by atoms with Gasteiger partial charge in [0.25, 0.3) is 0 Å². The number of rotatable bonds is 5. The monoisotopic (exact) mass is 300 g/mol. The number of anilines is 2. The molecule has 0 aliphatic rings. The van der Waals surface area contributed by atoms with Crippen LogP contribution < -0.4 is 4.90 Å². The zero-order chi connectivity index (χ0) is 15.2. The van der Waals surface area contributed by atoms with Gasteiger partial charge in [0, 0.05) is 12.2 Å². The molecule has 2 aromatic rings. The van der Waals surface area contributed by atoms with E-state index >= 15 is 0 Å². The number of benzene rings is 1. The van der Waals surface area contributed by atoms with Crippen molar-refractivity contribution in [2.24, 2.45) is 0 Å². The fourth-order valence-corrected chi connectivity index (χ4v) is 2.22. The molecule has 0 N–H and O–H groups in total. The number of nitriles is 1. The van der Waals surface area contributed by atoms with Crippen LogP contribution in [-0.4, -0.2) is 22.8 Å². The first-order valence-electron chi connectivity index (χ1n) is 6.36. The van der Waals surface area contributed by atoms with Crippen LogP contribution in [0.3, 0.4) is 0 Å². The Hall–Kier alpha value is -2.45. The van der Waals surface area contributed by atoms with Gasteiger partial charge in [0.1, 0.15) is 16.8 Å². The van der Waals surface area contributed by atoms with E-state index in [1.807, 2.05) is 30.3 Å². The average Bonchev–Trinajstić information content (AvgIpc) is 2.48. The summed E-state index contributed by atoms with van der Waals surface area (Å²) in [6.07, 6.45) is 0.938. The summed E-state index contributed by atoms with van der Waals surface area (Å²) in [4.78, 5) is 21.4. The van der Waals surface area contributed by atoms with Crippen LogP contribution in [0.1, 0.15) is 22.6 Å². The molecule has 21 heavy (non-hydrogen) atoms. The Bertz CT molecular complexity index is 682. The van der Waals surface area contributed by atoms with E-state index < -0.39 is 0 Å². The minimum Gasteiger partial charge on any atom is -0.325 e. The molecule has 0 atom stereocenters. The summed E-state index contributed by atoms with van der Waals surface area (Å²) in [5, 5.41) is 8.96. The van der Waals surface area contributed by atoms with Crippen LogP contribution in [0.2, 0.25) is 5.15 Å². The van der Waals surface area contributed by atoms with Crippen LogP contribution in [0.25, 0.3) is 0 Å². The first kappa shape index (κ1) is 14.9. The molecule has 1 aromatic heterocycles. The molecule has 0 fully saturated rings. The van der Waals surface area contributed by atoms with Crippen molar-refractivity contribution in [1.82, 2.24) is 9.97 Å². The Morgan fingerprint density at radius 1 is 1.33 bits per heavy atom. The van der Waals surface area contributed by atoms with Gasteiger partial charge in [0.2, 0.25) is 0 Å². The zero-order valence-electron chi connectivity index (χ0n) is 11.5. The van der Waals surface area contributed by atoms with Crippen molar-refractivity contribution in [2.75, 3.05) is 11.4 Å². The lowest BCUT2D eigenvalue weighted by atomic mass is 10.2. The van der Waals surface area contributed by atoms with Crippen LogP contribution in [0.4, 0.5) is 11.5 Å². The van der Waals surface area contributed by atoms with Crippen LogP contribution in [0.5, 0.6) is 0 Å². The second-order valence-electron chi connectivity index (χ2n) is 4.31. The minimum absolute atomic E-state index is 0.116. The number of hydrogen-bond acceptors (Lipinski definition) is 5. The summed E-state index contributed by atoms with van der Waals surface area (Å²) in [5.41, 5.74) is 1.06. The summed E-state index contributed by atoms with van der Waals surface area (Å²) in [6, 6.07) is 11.5. The van der Waals surface area contributed by atoms with Crippen LogP contribution >= 0.6 is 11.6 Å². The third kappa shape index (κ3) is 3.36. The number of aryl methyl sites for hydroxylation is 1. The topological polar surface area (TPSA) is 69.9 Å². The number of halogens is 1. The lowest BCUT2D eigenvalue weighted by Crippen LogP contribution is -2.22. The summed E-state index contributed by atoms with van der Waals surface area (Å²) >= 11 is 6.03. The molecule has 0 aliphatic carbocycles. The van der Waals surface area contributed by atoms with Crippen molar-refractivity contribution in [2.45, 2.75) is 13.3 Å². The zero-order valence-corrected chi connectivity index (χ0v) is 12.2. The minimum atomic E-state index is 0.116. The van der Waals surface area contributed by atoms with E-state index in [1.54, 1.807) is 11.8 Å². The van der Waals surface area contributed by atoms with Crippen LogP contribution in [0, 0.1) is 18.3 Å². The number of aldehydes is 1. The van der Waals surface area contributed by atoms with Crippen LogP contribution in [-0.2, 0) is 0 Å². The smallest absolute Gasteiger partial charge is 0.156 e. The maximum Gasteiger partial charge on any atom is 0.156 e. The molecule has 5 nitrogen and oxygen atoms in total. The number of nitrogens with zero attached hydrogens (tertiary/aromatic N) is 4. The lowest BCUT2D eigenvalue weighted by Gasteiger charge is -2.24. The predicted octanol–water partition coefficient (Wildman–Crippen LogP) is 3.30. The summed E-state index contributed by atoms with van der Waals surface area (Å²) < 4.78 is 0. The molecule has 6 heteroatoms. The molecule has 0 unspecified atom stereocenters. The van der Waals surface area contributed by atoms with E-state index in [0.29, 0.717) is 30.9 Å².